The number of anilines is 2. The smallest absolute Gasteiger partial charge is 0.147 e. The van der Waals surface area contributed by atoms with Gasteiger partial charge in [0, 0.05) is 24.5 Å². The molecule has 0 aromatic heterocycles. The van der Waals surface area contributed by atoms with Crippen LogP contribution in [0, 0.1) is 0 Å². The van der Waals surface area contributed by atoms with Gasteiger partial charge in [0.15, 0.2) is 0 Å². The molecule has 0 radical (unpaired) electrons. The Kier molecular flexibility index (Phi) is 10.8. The maximum atomic E-state index is 2.86. The van der Waals surface area contributed by atoms with Crippen LogP contribution in [0.25, 0.3) is 0 Å². The molecule has 2 rings (SSSR count). The van der Waals surface area contributed by atoms with E-state index in [4.69, 9.17) is 0 Å². The van der Waals surface area contributed by atoms with Crippen LogP contribution >= 0.6 is 0 Å². The van der Waals surface area contributed by atoms with E-state index in [1.807, 2.05) is 0 Å². The van der Waals surface area contributed by atoms with Gasteiger partial charge in [0.25, 0.3) is 0 Å². The molecule has 0 heterocycles. The Labute approximate surface area is 233 Å². The number of rotatable bonds is 12. The minimum atomic E-state index is -1.61. The molecule has 0 atom stereocenters. The summed E-state index contributed by atoms with van der Waals surface area (Å²) >= 11 is 0. The van der Waals surface area contributed by atoms with E-state index in [2.05, 4.69) is 140 Å². The Balaban J connectivity index is 2.53. The van der Waals surface area contributed by atoms with Crippen LogP contribution in [-0.2, 0) is 0 Å². The molecule has 37 heavy (non-hydrogen) atoms. The molecule has 2 aromatic rings. The summed E-state index contributed by atoms with van der Waals surface area (Å²) in [6, 6.07) is 14.1. The average molecular weight is 539 g/mol. The molecule has 0 aliphatic carbocycles. The van der Waals surface area contributed by atoms with E-state index in [9.17, 15) is 0 Å². The fraction of sp³-hybridized carbons (Fsp3) is 0.636. The van der Waals surface area contributed by atoms with Gasteiger partial charge in [0.05, 0.1) is 0 Å². The molecule has 2 nitrogen and oxygen atoms in total. The zero-order valence-corrected chi connectivity index (χ0v) is 28.8. The van der Waals surface area contributed by atoms with Crippen molar-refractivity contribution in [3.8, 4) is 0 Å². The topological polar surface area (TPSA) is 6.48 Å². The van der Waals surface area contributed by atoms with E-state index in [-0.39, 0.29) is 0 Å². The lowest BCUT2D eigenvalue weighted by Gasteiger charge is -2.43. The molecular weight excluding hydrogens is 481 g/mol. The molecule has 2 aromatic carbocycles. The zero-order valence-electron chi connectivity index (χ0n) is 26.8. The van der Waals surface area contributed by atoms with Crippen molar-refractivity contribution < 1.29 is 0 Å². The van der Waals surface area contributed by atoms with E-state index in [0.717, 1.165) is 13.1 Å². The van der Waals surface area contributed by atoms with E-state index in [1.54, 1.807) is 0 Å². The molecule has 0 fully saturated rings. The van der Waals surface area contributed by atoms with Crippen molar-refractivity contribution in [1.82, 2.24) is 0 Å². The summed E-state index contributed by atoms with van der Waals surface area (Å²) in [5, 5.41) is 0. The second kappa shape index (κ2) is 12.6. The Morgan fingerprint density at radius 3 is 0.919 bits per heavy atom. The normalized spacial score (nSPS) is 12.8. The van der Waals surface area contributed by atoms with Gasteiger partial charge in [-0.1, -0.05) is 131 Å². The highest BCUT2D eigenvalue weighted by atomic mass is 28.3. The summed E-state index contributed by atoms with van der Waals surface area (Å²) in [5.74, 6) is 2.10. The highest BCUT2D eigenvalue weighted by Crippen LogP contribution is 2.40. The second-order valence-corrected chi connectivity index (χ2v) is 24.0. The highest BCUT2D eigenvalue weighted by molar-refractivity contribution is 6.80. The Morgan fingerprint density at radius 1 is 0.486 bits per heavy atom. The molecule has 0 saturated heterocycles. The standard InChI is InChI=1S/C33H58N2Si2/c1-24(2)28-18-15-19-29(25(3)4)32(28)34(36(9,10)11)22-17-23-35(37(12,13)14)33-30(26(5)6)20-16-21-31(33)27(7)8/h15-16,18-21,24-27H,17,22-23H2,1-14H3. The van der Waals surface area contributed by atoms with Gasteiger partial charge in [-0.05, 0) is 52.3 Å². The molecule has 0 bridgehead atoms. The van der Waals surface area contributed by atoms with Crippen LogP contribution < -0.4 is 9.13 Å². The fourth-order valence-corrected chi connectivity index (χ4v) is 9.11. The maximum absolute atomic E-state index is 2.86. The number of hydrogen-bond acceptors (Lipinski definition) is 2. The quantitative estimate of drug-likeness (QED) is 0.248. The fourth-order valence-electron chi connectivity index (χ4n) is 5.60. The number of nitrogens with zero attached hydrogens (tertiary/aromatic N) is 2. The SMILES string of the molecule is CC(C)c1cccc(C(C)C)c1N(CCCN(c1c(C(C)C)cccc1C(C)C)[Si](C)(C)C)[Si](C)(C)C. The van der Waals surface area contributed by atoms with Crippen molar-refractivity contribution in [3.63, 3.8) is 0 Å². The van der Waals surface area contributed by atoms with Gasteiger partial charge in [-0.25, -0.2) is 0 Å². The number of benzene rings is 2. The van der Waals surface area contributed by atoms with E-state index in [0.29, 0.717) is 23.7 Å². The average Bonchev–Trinajstić information content (AvgIpc) is 2.76. The summed E-state index contributed by atoms with van der Waals surface area (Å²) in [7, 11) is -3.22. The largest absolute Gasteiger partial charge is 0.397 e. The lowest BCUT2D eigenvalue weighted by atomic mass is 9.92. The lowest BCUT2D eigenvalue weighted by Crippen LogP contribution is -2.51. The molecule has 0 aliphatic rings. The maximum Gasteiger partial charge on any atom is 0.147 e. The van der Waals surface area contributed by atoms with E-state index in [1.165, 1.54) is 40.0 Å². The van der Waals surface area contributed by atoms with Crippen LogP contribution in [0.2, 0.25) is 39.3 Å². The van der Waals surface area contributed by atoms with Gasteiger partial charge in [-0.15, -0.1) is 0 Å². The van der Waals surface area contributed by atoms with Crippen LogP contribution in [0.1, 0.15) is 108 Å². The van der Waals surface area contributed by atoms with E-state index >= 15 is 0 Å². The number of para-hydroxylation sites is 2. The third-order valence-electron chi connectivity index (χ3n) is 7.61. The van der Waals surface area contributed by atoms with Crippen molar-refractivity contribution in [2.45, 2.75) is 125 Å². The highest BCUT2D eigenvalue weighted by Gasteiger charge is 2.32. The minimum absolute atomic E-state index is 0.526. The van der Waals surface area contributed by atoms with Crippen LogP contribution in [0.4, 0.5) is 11.4 Å². The molecule has 0 N–H and O–H groups in total. The van der Waals surface area contributed by atoms with Gasteiger partial charge in [0.2, 0.25) is 0 Å². The van der Waals surface area contributed by atoms with Crippen LogP contribution in [-0.4, -0.2) is 29.6 Å². The third-order valence-corrected chi connectivity index (χ3v) is 11.7. The lowest BCUT2D eigenvalue weighted by molar-refractivity contribution is 0.771. The van der Waals surface area contributed by atoms with Crippen LogP contribution in [0.5, 0.6) is 0 Å². The number of hydrogen-bond donors (Lipinski definition) is 0. The predicted octanol–water partition coefficient (Wildman–Crippen LogP) is 10.6. The molecule has 4 heteroatoms. The Bertz CT molecular complexity index is 876. The monoisotopic (exact) mass is 538 g/mol. The molecule has 0 unspecified atom stereocenters. The van der Waals surface area contributed by atoms with Crippen LogP contribution in [0.3, 0.4) is 0 Å². The first-order valence-corrected chi connectivity index (χ1v) is 21.7. The van der Waals surface area contributed by atoms with Crippen molar-refractivity contribution in [1.29, 1.82) is 0 Å². The first-order valence-electron chi connectivity index (χ1n) is 14.8. The second-order valence-electron chi connectivity index (χ2n) is 14.2. The molecule has 0 saturated carbocycles. The summed E-state index contributed by atoms with van der Waals surface area (Å²) < 4.78 is 5.72. The van der Waals surface area contributed by atoms with Gasteiger partial charge in [-0.3, -0.25) is 0 Å². The Morgan fingerprint density at radius 2 is 0.730 bits per heavy atom. The van der Waals surface area contributed by atoms with Gasteiger partial charge in [0.1, 0.15) is 16.5 Å². The van der Waals surface area contributed by atoms with Gasteiger partial charge < -0.3 is 9.13 Å². The molecule has 208 valence electrons. The van der Waals surface area contributed by atoms with Crippen molar-refractivity contribution in [2.24, 2.45) is 0 Å². The molecule has 0 aliphatic heterocycles. The summed E-state index contributed by atoms with van der Waals surface area (Å²) in [6.45, 7) is 36.2. The van der Waals surface area contributed by atoms with Gasteiger partial charge >= 0.3 is 0 Å². The summed E-state index contributed by atoms with van der Waals surface area (Å²) in [4.78, 5) is 0. The van der Waals surface area contributed by atoms with E-state index < -0.39 is 16.5 Å². The van der Waals surface area contributed by atoms with Crippen LogP contribution in [0.15, 0.2) is 36.4 Å². The van der Waals surface area contributed by atoms with Gasteiger partial charge in [-0.2, -0.15) is 0 Å². The summed E-state index contributed by atoms with van der Waals surface area (Å²) in [6.07, 6.45) is 1.18. The first kappa shape index (κ1) is 31.7. The summed E-state index contributed by atoms with van der Waals surface area (Å²) in [5.41, 5.74) is 9.14. The van der Waals surface area contributed by atoms with Crippen molar-refractivity contribution in [2.75, 3.05) is 22.2 Å². The predicted molar refractivity (Wildman–Crippen MR) is 175 cm³/mol. The molecular formula is C33H58N2Si2. The van der Waals surface area contributed by atoms with Crippen molar-refractivity contribution >= 4 is 27.8 Å². The third kappa shape index (κ3) is 7.75. The van der Waals surface area contributed by atoms with Crippen molar-refractivity contribution in [3.05, 3.63) is 58.7 Å². The minimum Gasteiger partial charge on any atom is -0.397 e. The Hall–Kier alpha value is -1.53. The molecule has 0 amide bonds. The molecule has 0 spiro atoms. The zero-order chi connectivity index (χ0) is 28.3. The first-order chi connectivity index (χ1) is 17.0.